The molecule has 222 valence electrons. The quantitative estimate of drug-likeness (QED) is 0.538. The Hall–Kier alpha value is -2.17. The number of amides is 3. The fourth-order valence-corrected chi connectivity index (χ4v) is 8.68. The number of sulfone groups is 1. The molecule has 0 bridgehead atoms. The Kier molecular flexibility index (Phi) is 7.76. The highest BCUT2D eigenvalue weighted by molar-refractivity contribution is 7.91. The lowest BCUT2D eigenvalue weighted by Crippen LogP contribution is -2.59. The Morgan fingerprint density at radius 2 is 1.68 bits per heavy atom. The van der Waals surface area contributed by atoms with Crippen molar-refractivity contribution in [3.05, 3.63) is 35.9 Å². The van der Waals surface area contributed by atoms with Crippen molar-refractivity contribution in [3.8, 4) is 0 Å². The molecule has 9 nitrogen and oxygen atoms in total. The van der Waals surface area contributed by atoms with Crippen LogP contribution in [-0.2, 0) is 20.2 Å². The summed E-state index contributed by atoms with van der Waals surface area (Å²) in [5.74, 6) is -0.0597. The highest BCUT2D eigenvalue weighted by Crippen LogP contribution is 2.51. The largest absolute Gasteiger partial charge is 0.373 e. The number of aliphatic hydroxyl groups excluding tert-OH is 1. The summed E-state index contributed by atoms with van der Waals surface area (Å²) < 4.78 is 23.8. The molecule has 2 heterocycles. The zero-order chi connectivity index (χ0) is 28.9. The van der Waals surface area contributed by atoms with Gasteiger partial charge in [0.25, 0.3) is 0 Å². The van der Waals surface area contributed by atoms with E-state index in [9.17, 15) is 23.1 Å². The van der Waals surface area contributed by atoms with Crippen molar-refractivity contribution in [2.75, 3.05) is 51.8 Å². The zero-order valence-electron chi connectivity index (χ0n) is 24.5. The Morgan fingerprint density at radius 3 is 2.20 bits per heavy atom. The topological polar surface area (TPSA) is 101 Å². The van der Waals surface area contributed by atoms with Crippen LogP contribution in [0.1, 0.15) is 64.4 Å². The van der Waals surface area contributed by atoms with Crippen LogP contribution < -0.4 is 0 Å². The second-order valence-electron chi connectivity index (χ2n) is 13.5. The molecule has 2 saturated heterocycles. The summed E-state index contributed by atoms with van der Waals surface area (Å²) >= 11 is 0. The monoisotopic (exact) mass is 574 g/mol. The molecule has 3 amide bonds. The Bertz CT molecular complexity index is 1190. The molecule has 0 aromatic heterocycles. The summed E-state index contributed by atoms with van der Waals surface area (Å²) in [4.78, 5) is 35.1. The van der Waals surface area contributed by atoms with Crippen LogP contribution in [0.15, 0.2) is 30.3 Å². The first-order valence-electron chi connectivity index (χ1n) is 14.8. The van der Waals surface area contributed by atoms with Gasteiger partial charge in [-0.2, -0.15) is 0 Å². The molecule has 1 unspecified atom stereocenters. The van der Waals surface area contributed by atoms with Gasteiger partial charge in [-0.05, 0) is 72.0 Å². The third-order valence-corrected chi connectivity index (χ3v) is 11.9. The van der Waals surface area contributed by atoms with Gasteiger partial charge in [0.15, 0.2) is 9.84 Å². The Labute approximate surface area is 239 Å². The Morgan fingerprint density at radius 1 is 1.07 bits per heavy atom. The van der Waals surface area contributed by atoms with Crippen molar-refractivity contribution in [2.24, 2.45) is 11.3 Å². The molecule has 1 spiro atoms. The van der Waals surface area contributed by atoms with E-state index in [-0.39, 0.29) is 54.5 Å². The molecule has 0 radical (unpaired) electrons. The zero-order valence-corrected chi connectivity index (χ0v) is 25.3. The van der Waals surface area contributed by atoms with Crippen molar-refractivity contribution in [3.63, 3.8) is 0 Å². The van der Waals surface area contributed by atoms with Crippen LogP contribution >= 0.6 is 0 Å². The van der Waals surface area contributed by atoms with Crippen LogP contribution in [-0.4, -0.2) is 109 Å². The first-order valence-corrected chi connectivity index (χ1v) is 16.6. The molecule has 40 heavy (non-hydrogen) atoms. The molecule has 5 rings (SSSR count). The van der Waals surface area contributed by atoms with Gasteiger partial charge < -0.3 is 14.9 Å². The van der Waals surface area contributed by atoms with E-state index in [1.807, 2.05) is 19.9 Å². The maximum atomic E-state index is 14.1. The van der Waals surface area contributed by atoms with E-state index in [0.29, 0.717) is 6.54 Å². The van der Waals surface area contributed by atoms with Crippen molar-refractivity contribution in [2.45, 2.75) is 76.1 Å². The summed E-state index contributed by atoms with van der Waals surface area (Å²) in [7, 11) is 1.15. The third-order valence-electron chi connectivity index (χ3n) is 10.3. The molecule has 1 N–H and O–H groups in total. The first kappa shape index (κ1) is 29.3. The van der Waals surface area contributed by atoms with Crippen LogP contribution in [0.25, 0.3) is 0 Å². The maximum Gasteiger partial charge on any atom is 0.322 e. The summed E-state index contributed by atoms with van der Waals surface area (Å²) in [5, 5.41) is 11.5. The standard InChI is InChI=1S/C30H46N4O5S/c1-28(2,26(36)32-17-19-40(38,39)20-18-32)21-33-22-29(34(27(33)37)25(35)23-9-8-10-23)13-15-30(16-14-29,31(3)4)24-11-6-5-7-12-24/h5-7,11-12,23,25,35H,8-10,13-22H2,1-4H3. The second kappa shape index (κ2) is 10.6. The van der Waals surface area contributed by atoms with Crippen LogP contribution in [0.5, 0.6) is 0 Å². The van der Waals surface area contributed by atoms with Gasteiger partial charge in [-0.25, -0.2) is 13.2 Å². The van der Waals surface area contributed by atoms with Crippen molar-refractivity contribution >= 4 is 21.8 Å². The molecule has 1 aromatic rings. The van der Waals surface area contributed by atoms with Crippen molar-refractivity contribution < 1.29 is 23.1 Å². The molecule has 1 aromatic carbocycles. The number of urea groups is 1. The van der Waals surface area contributed by atoms with Gasteiger partial charge in [0.2, 0.25) is 5.91 Å². The maximum absolute atomic E-state index is 14.1. The molecule has 1 atom stereocenters. The summed E-state index contributed by atoms with van der Waals surface area (Å²) in [6.07, 6.45) is 5.37. The predicted molar refractivity (Wildman–Crippen MR) is 154 cm³/mol. The van der Waals surface area contributed by atoms with Crippen molar-refractivity contribution in [1.29, 1.82) is 0 Å². The van der Waals surface area contributed by atoms with E-state index in [2.05, 4.69) is 43.3 Å². The van der Waals surface area contributed by atoms with E-state index < -0.39 is 27.0 Å². The van der Waals surface area contributed by atoms with Crippen LogP contribution in [0, 0.1) is 11.3 Å². The minimum Gasteiger partial charge on any atom is -0.373 e. The molecule has 10 heteroatoms. The Balaban J connectivity index is 1.38. The van der Waals surface area contributed by atoms with Crippen LogP contribution in [0.2, 0.25) is 0 Å². The second-order valence-corrected chi connectivity index (χ2v) is 15.8. The first-order chi connectivity index (χ1) is 18.8. The highest BCUT2D eigenvalue weighted by Gasteiger charge is 2.58. The number of aliphatic hydroxyl groups is 1. The fourth-order valence-electron chi connectivity index (χ4n) is 7.48. The lowest BCUT2D eigenvalue weighted by molar-refractivity contribution is -0.140. The number of hydrogen-bond acceptors (Lipinski definition) is 6. The third kappa shape index (κ3) is 5.15. The summed E-state index contributed by atoms with van der Waals surface area (Å²) in [6, 6.07) is 10.4. The molecule has 2 aliphatic heterocycles. The van der Waals surface area contributed by atoms with E-state index in [4.69, 9.17) is 0 Å². The van der Waals surface area contributed by atoms with E-state index in [1.165, 1.54) is 5.56 Å². The van der Waals surface area contributed by atoms with E-state index in [1.54, 1.807) is 14.7 Å². The lowest BCUT2D eigenvalue weighted by Gasteiger charge is -2.52. The normalized spacial score (nSPS) is 30.1. The molecule has 4 fully saturated rings. The summed E-state index contributed by atoms with van der Waals surface area (Å²) in [6.45, 7) is 4.80. The van der Waals surface area contributed by atoms with Gasteiger partial charge in [0, 0.05) is 37.6 Å². The van der Waals surface area contributed by atoms with Crippen LogP contribution in [0.3, 0.4) is 0 Å². The van der Waals surface area contributed by atoms with Gasteiger partial charge in [0.1, 0.15) is 6.23 Å². The minimum absolute atomic E-state index is 0.0169. The SMILES string of the molecule is CN(C)C1(c2ccccc2)CCC2(CC1)CN(CC(C)(C)C(=O)N1CCS(=O)(=O)CC1)C(=O)N2C(O)C1CCC1. The summed E-state index contributed by atoms with van der Waals surface area (Å²) in [5.41, 5.74) is -0.225. The fraction of sp³-hybridized carbons (Fsp3) is 0.733. The smallest absolute Gasteiger partial charge is 0.322 e. The average Bonchev–Trinajstić information content (AvgIpc) is 3.13. The van der Waals surface area contributed by atoms with Gasteiger partial charge in [-0.15, -0.1) is 0 Å². The van der Waals surface area contributed by atoms with E-state index >= 15 is 0 Å². The minimum atomic E-state index is -3.10. The van der Waals surface area contributed by atoms with Gasteiger partial charge in [-0.3, -0.25) is 14.6 Å². The molecular formula is C30H46N4O5S. The number of carbonyl (C=O) groups excluding carboxylic acids is 2. The molecule has 4 aliphatic rings. The number of nitrogens with zero attached hydrogens (tertiary/aromatic N) is 4. The number of carbonyl (C=O) groups is 2. The number of benzene rings is 1. The lowest BCUT2D eigenvalue weighted by atomic mass is 9.67. The predicted octanol–water partition coefficient (Wildman–Crippen LogP) is 2.90. The van der Waals surface area contributed by atoms with Gasteiger partial charge >= 0.3 is 6.03 Å². The van der Waals surface area contributed by atoms with Gasteiger partial charge in [0.05, 0.1) is 22.5 Å². The molecular weight excluding hydrogens is 528 g/mol. The van der Waals surface area contributed by atoms with E-state index in [0.717, 1.165) is 44.9 Å². The van der Waals surface area contributed by atoms with Crippen LogP contribution in [0.4, 0.5) is 4.79 Å². The number of rotatable bonds is 7. The number of hydrogen-bond donors (Lipinski definition) is 1. The average molecular weight is 575 g/mol. The van der Waals surface area contributed by atoms with Gasteiger partial charge in [-0.1, -0.05) is 36.8 Å². The highest BCUT2D eigenvalue weighted by atomic mass is 32.2. The molecule has 2 saturated carbocycles. The van der Waals surface area contributed by atoms with Crippen molar-refractivity contribution in [1.82, 2.24) is 19.6 Å². The molecule has 2 aliphatic carbocycles.